The number of nitrogens with two attached hydrogens (primary N) is 1. The van der Waals surface area contributed by atoms with E-state index in [2.05, 4.69) is 19.9 Å². The van der Waals surface area contributed by atoms with E-state index in [-0.39, 0.29) is 11.9 Å². The predicted octanol–water partition coefficient (Wildman–Crippen LogP) is 1.000. The fraction of sp³-hybridized carbons (Fsp3) is 0.636. The van der Waals surface area contributed by atoms with Crippen molar-refractivity contribution in [2.24, 2.45) is 11.7 Å². The summed E-state index contributed by atoms with van der Waals surface area (Å²) in [5, 5.41) is 8.86. The monoisotopic (exact) mass is 207 g/mol. The van der Waals surface area contributed by atoms with Crippen molar-refractivity contribution in [2.45, 2.75) is 33.2 Å². The van der Waals surface area contributed by atoms with Crippen LogP contribution < -0.4 is 5.73 Å². The third-order valence-electron chi connectivity index (χ3n) is 2.65. The number of nitrogens with zero attached hydrogens (tertiary/aromatic N) is 2. The summed E-state index contributed by atoms with van der Waals surface area (Å²) in [4.78, 5) is 13.1. The summed E-state index contributed by atoms with van der Waals surface area (Å²) >= 11 is 0. The topological polar surface area (TPSA) is 70.1 Å². The average Bonchev–Trinajstić information content (AvgIpc) is 2.43. The molecule has 1 heterocycles. The van der Waals surface area contributed by atoms with Gasteiger partial charge in [0.05, 0.1) is 24.2 Å². The Kier molecular flexibility index (Phi) is 3.35. The van der Waals surface area contributed by atoms with E-state index in [1.807, 2.05) is 0 Å². The third-order valence-corrected chi connectivity index (χ3v) is 2.65. The standard InChI is InChI=1S/C11H17N3O/c1-7(2)4-10-11(13)9(5-12)6-14(10)8(3)15/h7,10H,4,6,13H2,1-3H3/t10-/m0/s1. The van der Waals surface area contributed by atoms with Gasteiger partial charge in [-0.25, -0.2) is 0 Å². The van der Waals surface area contributed by atoms with Crippen LogP contribution in [0, 0.1) is 17.2 Å². The zero-order chi connectivity index (χ0) is 11.6. The molecule has 0 saturated heterocycles. The van der Waals surface area contributed by atoms with Crippen molar-refractivity contribution in [3.63, 3.8) is 0 Å². The molecule has 1 aliphatic heterocycles. The molecule has 4 heteroatoms. The van der Waals surface area contributed by atoms with Crippen LogP contribution >= 0.6 is 0 Å². The fourth-order valence-corrected chi connectivity index (χ4v) is 1.87. The molecule has 15 heavy (non-hydrogen) atoms. The van der Waals surface area contributed by atoms with Gasteiger partial charge in [0.1, 0.15) is 0 Å². The van der Waals surface area contributed by atoms with Crippen LogP contribution in [-0.4, -0.2) is 23.4 Å². The predicted molar refractivity (Wildman–Crippen MR) is 57.5 cm³/mol. The quantitative estimate of drug-likeness (QED) is 0.734. The van der Waals surface area contributed by atoms with E-state index in [1.165, 1.54) is 6.92 Å². The summed E-state index contributed by atoms with van der Waals surface area (Å²) < 4.78 is 0. The minimum absolute atomic E-state index is 0.0196. The summed E-state index contributed by atoms with van der Waals surface area (Å²) in [5.41, 5.74) is 6.98. The highest BCUT2D eigenvalue weighted by Gasteiger charge is 2.33. The van der Waals surface area contributed by atoms with Crippen LogP contribution in [0.15, 0.2) is 11.3 Å². The van der Waals surface area contributed by atoms with Crippen molar-refractivity contribution < 1.29 is 4.79 Å². The Bertz CT molecular complexity index is 338. The molecule has 0 radical (unpaired) electrons. The SMILES string of the molecule is CC(=O)N1CC(C#N)=C(N)[C@@H]1CC(C)C. The molecule has 4 nitrogen and oxygen atoms in total. The van der Waals surface area contributed by atoms with Gasteiger partial charge in [-0.05, 0) is 12.3 Å². The molecule has 0 aromatic heterocycles. The second-order valence-electron chi connectivity index (χ2n) is 4.34. The van der Waals surface area contributed by atoms with Crippen LogP contribution in [0.4, 0.5) is 0 Å². The van der Waals surface area contributed by atoms with Crippen LogP contribution in [0.1, 0.15) is 27.2 Å². The first-order valence-electron chi connectivity index (χ1n) is 5.13. The van der Waals surface area contributed by atoms with E-state index in [0.717, 1.165) is 6.42 Å². The molecule has 0 fully saturated rings. The lowest BCUT2D eigenvalue weighted by molar-refractivity contribution is -0.129. The molecule has 0 aromatic rings. The van der Waals surface area contributed by atoms with Crippen LogP contribution in [0.3, 0.4) is 0 Å². The fourth-order valence-electron chi connectivity index (χ4n) is 1.87. The Morgan fingerprint density at radius 2 is 2.33 bits per heavy atom. The summed E-state index contributed by atoms with van der Waals surface area (Å²) in [5.74, 6) is 0.433. The molecule has 0 spiro atoms. The minimum atomic E-state index is -0.0860. The van der Waals surface area contributed by atoms with Gasteiger partial charge in [-0.15, -0.1) is 0 Å². The molecule has 1 atom stereocenters. The zero-order valence-electron chi connectivity index (χ0n) is 9.45. The van der Waals surface area contributed by atoms with Crippen molar-refractivity contribution >= 4 is 5.91 Å². The highest BCUT2D eigenvalue weighted by Crippen LogP contribution is 2.25. The van der Waals surface area contributed by atoms with Crippen LogP contribution in [-0.2, 0) is 4.79 Å². The van der Waals surface area contributed by atoms with Gasteiger partial charge < -0.3 is 10.6 Å². The van der Waals surface area contributed by atoms with Gasteiger partial charge in [0.15, 0.2) is 0 Å². The minimum Gasteiger partial charge on any atom is -0.399 e. The number of carbonyl (C=O) groups is 1. The highest BCUT2D eigenvalue weighted by molar-refractivity contribution is 5.75. The number of hydrogen-bond donors (Lipinski definition) is 1. The van der Waals surface area contributed by atoms with Gasteiger partial charge in [-0.1, -0.05) is 13.8 Å². The molecular weight excluding hydrogens is 190 g/mol. The summed E-state index contributed by atoms with van der Waals surface area (Å²) in [7, 11) is 0. The maximum absolute atomic E-state index is 11.4. The summed E-state index contributed by atoms with van der Waals surface area (Å²) in [6, 6.07) is 1.98. The number of amides is 1. The molecule has 0 bridgehead atoms. The molecule has 1 amide bonds. The molecule has 0 unspecified atom stereocenters. The van der Waals surface area contributed by atoms with Gasteiger partial charge in [-0.2, -0.15) is 5.26 Å². The lowest BCUT2D eigenvalue weighted by Crippen LogP contribution is -2.38. The third kappa shape index (κ3) is 2.30. The van der Waals surface area contributed by atoms with E-state index in [1.54, 1.807) is 4.90 Å². The summed E-state index contributed by atoms with van der Waals surface area (Å²) in [6.07, 6.45) is 0.816. The largest absolute Gasteiger partial charge is 0.399 e. The van der Waals surface area contributed by atoms with Crippen LogP contribution in [0.5, 0.6) is 0 Å². The second kappa shape index (κ2) is 4.35. The molecule has 0 saturated carbocycles. The second-order valence-corrected chi connectivity index (χ2v) is 4.34. The average molecular weight is 207 g/mol. The van der Waals surface area contributed by atoms with Gasteiger partial charge in [0.2, 0.25) is 5.91 Å². The number of hydrogen-bond acceptors (Lipinski definition) is 3. The van der Waals surface area contributed by atoms with E-state index >= 15 is 0 Å². The van der Waals surface area contributed by atoms with E-state index in [0.29, 0.717) is 23.7 Å². The lowest BCUT2D eigenvalue weighted by atomic mass is 10.0. The zero-order valence-corrected chi connectivity index (χ0v) is 9.45. The van der Waals surface area contributed by atoms with Gasteiger partial charge in [0, 0.05) is 12.6 Å². The molecule has 0 aromatic carbocycles. The van der Waals surface area contributed by atoms with Crippen molar-refractivity contribution in [2.75, 3.05) is 6.54 Å². The first-order valence-corrected chi connectivity index (χ1v) is 5.13. The van der Waals surface area contributed by atoms with E-state index < -0.39 is 0 Å². The van der Waals surface area contributed by atoms with Gasteiger partial charge in [0.25, 0.3) is 0 Å². The highest BCUT2D eigenvalue weighted by atomic mass is 16.2. The van der Waals surface area contributed by atoms with Gasteiger partial charge >= 0.3 is 0 Å². The summed E-state index contributed by atoms with van der Waals surface area (Å²) in [6.45, 7) is 6.04. The normalized spacial score (nSPS) is 21.0. The maximum atomic E-state index is 11.4. The Balaban J connectivity index is 2.91. The Morgan fingerprint density at radius 3 is 2.73 bits per heavy atom. The van der Waals surface area contributed by atoms with Crippen LogP contribution in [0.2, 0.25) is 0 Å². The first kappa shape index (κ1) is 11.6. The molecule has 82 valence electrons. The van der Waals surface area contributed by atoms with Gasteiger partial charge in [-0.3, -0.25) is 4.79 Å². The Morgan fingerprint density at radius 1 is 1.73 bits per heavy atom. The van der Waals surface area contributed by atoms with E-state index in [9.17, 15) is 4.79 Å². The Labute approximate surface area is 90.3 Å². The Hall–Kier alpha value is -1.50. The van der Waals surface area contributed by atoms with E-state index in [4.69, 9.17) is 11.0 Å². The molecular formula is C11H17N3O. The number of rotatable bonds is 2. The smallest absolute Gasteiger partial charge is 0.220 e. The molecule has 0 aliphatic carbocycles. The molecule has 1 rings (SSSR count). The molecule has 1 aliphatic rings. The van der Waals surface area contributed by atoms with Crippen molar-refractivity contribution in [1.29, 1.82) is 5.26 Å². The molecule has 2 N–H and O–H groups in total. The first-order chi connectivity index (χ1) is 6.97. The maximum Gasteiger partial charge on any atom is 0.220 e. The number of carbonyl (C=O) groups excluding carboxylic acids is 1. The lowest BCUT2D eigenvalue weighted by Gasteiger charge is -2.25. The van der Waals surface area contributed by atoms with Crippen molar-refractivity contribution in [3.8, 4) is 6.07 Å². The number of nitriles is 1. The van der Waals surface area contributed by atoms with Crippen molar-refractivity contribution in [3.05, 3.63) is 11.3 Å². The van der Waals surface area contributed by atoms with Crippen LogP contribution in [0.25, 0.3) is 0 Å². The van der Waals surface area contributed by atoms with Crippen molar-refractivity contribution in [1.82, 2.24) is 4.90 Å².